The summed E-state index contributed by atoms with van der Waals surface area (Å²) in [6.07, 6.45) is -0.235. The molecule has 0 unspecified atom stereocenters. The molecule has 5 N–H and O–H groups in total. The molecule has 0 aromatic heterocycles. The van der Waals surface area contributed by atoms with Crippen LogP contribution in [0.1, 0.15) is 12.5 Å². The minimum atomic E-state index is -1.49. The van der Waals surface area contributed by atoms with Crippen molar-refractivity contribution in [3.05, 3.63) is 35.0 Å². The number of nitrogens with zero attached hydrogens (tertiary/aromatic N) is 2. The number of hydrogen-bond donors (Lipinski definition) is 4. The first-order valence-corrected chi connectivity index (χ1v) is 7.08. The highest BCUT2D eigenvalue weighted by atomic mass is 19.2. The Morgan fingerprint density at radius 3 is 2.60 bits per heavy atom. The average molecular weight is 355 g/mol. The van der Waals surface area contributed by atoms with Crippen molar-refractivity contribution in [3.63, 3.8) is 0 Å². The van der Waals surface area contributed by atoms with Gasteiger partial charge >= 0.3 is 5.97 Å². The lowest BCUT2D eigenvalue weighted by Crippen LogP contribution is -2.50. The van der Waals surface area contributed by atoms with E-state index in [1.807, 2.05) is 0 Å². The Morgan fingerprint density at radius 2 is 2.04 bits per heavy atom. The van der Waals surface area contributed by atoms with Crippen LogP contribution in [0.25, 0.3) is 6.08 Å². The molecule has 0 saturated carbocycles. The van der Waals surface area contributed by atoms with Crippen LogP contribution in [0.2, 0.25) is 0 Å². The summed E-state index contributed by atoms with van der Waals surface area (Å²) in [6, 6.07) is 0.763. The molecule has 1 amide bonds. The van der Waals surface area contributed by atoms with Gasteiger partial charge in [0.2, 0.25) is 5.82 Å². The first-order valence-electron chi connectivity index (χ1n) is 7.08. The summed E-state index contributed by atoms with van der Waals surface area (Å²) < 4.78 is 27.2. The molecular weight excluding hydrogens is 340 g/mol. The highest BCUT2D eigenvalue weighted by Crippen LogP contribution is 2.25. The van der Waals surface area contributed by atoms with Crippen molar-refractivity contribution in [3.8, 4) is 5.75 Å². The number of rotatable bonds is 5. The number of aliphatic carboxylic acids is 1. The average Bonchev–Trinajstić information content (AvgIpc) is 2.83. The summed E-state index contributed by atoms with van der Waals surface area (Å²) >= 11 is 0. The molecule has 8 nitrogen and oxygen atoms in total. The quantitative estimate of drug-likeness (QED) is 0.551. The van der Waals surface area contributed by atoms with E-state index in [1.54, 1.807) is 0 Å². The lowest BCUT2D eigenvalue weighted by atomic mass is 10.1. The summed E-state index contributed by atoms with van der Waals surface area (Å²) in [4.78, 5) is 27.9. The Labute approximate surface area is 140 Å². The van der Waals surface area contributed by atoms with Crippen LogP contribution < -0.4 is 5.73 Å². The van der Waals surface area contributed by atoms with Crippen molar-refractivity contribution >= 4 is 23.8 Å². The first kappa shape index (κ1) is 18.5. The Morgan fingerprint density at radius 1 is 1.40 bits per heavy atom. The number of aliphatic imine (C=N–C) groups is 1. The van der Waals surface area contributed by atoms with Crippen LogP contribution in [0.4, 0.5) is 8.78 Å². The third-order valence-electron chi connectivity index (χ3n) is 3.47. The van der Waals surface area contributed by atoms with Crippen LogP contribution in [0.5, 0.6) is 5.75 Å². The SMILES string of the molecule is C[C@@H](O)[C@H](N)C1=N/C(=C\c2ccc(O)c(F)c2F)C(=O)N1CC(=O)O. The van der Waals surface area contributed by atoms with Gasteiger partial charge in [-0.15, -0.1) is 0 Å². The van der Waals surface area contributed by atoms with Crippen molar-refractivity contribution in [2.75, 3.05) is 6.54 Å². The molecule has 1 aliphatic heterocycles. The summed E-state index contributed by atoms with van der Waals surface area (Å²) in [5, 5.41) is 27.6. The smallest absolute Gasteiger partial charge is 0.323 e. The number of aliphatic hydroxyl groups is 1. The molecule has 1 aliphatic rings. The number of carbonyl (C=O) groups is 2. The lowest BCUT2D eigenvalue weighted by Gasteiger charge is -2.22. The van der Waals surface area contributed by atoms with Gasteiger partial charge < -0.3 is 21.1 Å². The van der Waals surface area contributed by atoms with Crippen LogP contribution in [0.15, 0.2) is 22.8 Å². The van der Waals surface area contributed by atoms with Crippen LogP contribution >= 0.6 is 0 Å². The van der Waals surface area contributed by atoms with Crippen molar-refractivity contribution in [1.29, 1.82) is 0 Å². The number of carboxylic acids is 1. The second-order valence-corrected chi connectivity index (χ2v) is 5.35. The number of carbonyl (C=O) groups excluding carboxylic acids is 1. The fraction of sp³-hybridized carbons (Fsp3) is 0.267. The van der Waals surface area contributed by atoms with Crippen molar-refractivity contribution in [2.24, 2.45) is 10.7 Å². The van der Waals surface area contributed by atoms with Gasteiger partial charge in [0.15, 0.2) is 11.6 Å². The number of amidine groups is 1. The van der Waals surface area contributed by atoms with Crippen LogP contribution in [0, 0.1) is 11.6 Å². The van der Waals surface area contributed by atoms with Gasteiger partial charge in [-0.3, -0.25) is 14.5 Å². The molecule has 0 spiro atoms. The Balaban J connectivity index is 2.49. The molecule has 1 heterocycles. The van der Waals surface area contributed by atoms with Crippen molar-refractivity contribution in [1.82, 2.24) is 4.90 Å². The fourth-order valence-electron chi connectivity index (χ4n) is 2.14. The number of halogens is 2. The summed E-state index contributed by atoms with van der Waals surface area (Å²) in [5.41, 5.74) is 4.97. The predicted octanol–water partition coefficient (Wildman–Crippen LogP) is 0.0447. The maximum atomic E-state index is 13.8. The first-order chi connectivity index (χ1) is 11.6. The number of nitrogens with two attached hydrogens (primary N) is 1. The predicted molar refractivity (Wildman–Crippen MR) is 82.4 cm³/mol. The van der Waals surface area contributed by atoms with Gasteiger partial charge in [0.25, 0.3) is 5.91 Å². The van der Waals surface area contributed by atoms with Gasteiger partial charge in [-0.25, -0.2) is 9.38 Å². The number of aliphatic hydroxyl groups excluding tert-OH is 1. The van der Waals surface area contributed by atoms with Gasteiger partial charge in [0.05, 0.1) is 12.1 Å². The molecule has 2 atom stereocenters. The monoisotopic (exact) mass is 355 g/mol. The van der Waals surface area contributed by atoms with Crippen molar-refractivity contribution < 1.29 is 33.7 Å². The molecule has 0 bridgehead atoms. The Hall–Kier alpha value is -2.85. The van der Waals surface area contributed by atoms with Crippen LogP contribution in [0.3, 0.4) is 0 Å². The van der Waals surface area contributed by atoms with Gasteiger partial charge in [-0.2, -0.15) is 4.39 Å². The summed E-state index contributed by atoms with van der Waals surface area (Å²) in [7, 11) is 0. The van der Waals surface area contributed by atoms with Gasteiger partial charge in [0.1, 0.15) is 18.1 Å². The molecular formula is C15H15F2N3O5. The molecule has 0 radical (unpaired) electrons. The van der Waals surface area contributed by atoms with E-state index in [4.69, 9.17) is 15.9 Å². The number of hydrogen-bond acceptors (Lipinski definition) is 6. The standard InChI is InChI=1S/C15H15F2N3O5/c1-6(21)13(18)14-19-8(15(25)20(14)5-10(23)24)4-7-2-3-9(22)12(17)11(7)16/h2-4,6,13,21-22H,5,18H2,1H3,(H,23,24)/b8-4-/t6-,13+/m1/s1. The zero-order chi connectivity index (χ0) is 18.9. The minimum Gasteiger partial charge on any atom is -0.505 e. The number of phenolic OH excluding ortho intramolecular Hbond substituents is 1. The van der Waals surface area contributed by atoms with E-state index in [1.165, 1.54) is 6.92 Å². The number of carboxylic acid groups (broad SMARTS) is 1. The summed E-state index contributed by atoms with van der Waals surface area (Å²) in [5.74, 6) is -6.22. The van der Waals surface area contributed by atoms with Crippen LogP contribution in [-0.2, 0) is 9.59 Å². The van der Waals surface area contributed by atoms with E-state index in [-0.39, 0.29) is 17.1 Å². The Kier molecular flexibility index (Phi) is 5.14. The third kappa shape index (κ3) is 3.64. The van der Waals surface area contributed by atoms with E-state index in [0.29, 0.717) is 0 Å². The molecule has 25 heavy (non-hydrogen) atoms. The molecule has 10 heteroatoms. The van der Waals surface area contributed by atoms with E-state index in [2.05, 4.69) is 4.99 Å². The molecule has 1 aromatic rings. The maximum Gasteiger partial charge on any atom is 0.323 e. The van der Waals surface area contributed by atoms with Crippen molar-refractivity contribution in [2.45, 2.75) is 19.1 Å². The highest BCUT2D eigenvalue weighted by Gasteiger charge is 2.36. The third-order valence-corrected chi connectivity index (χ3v) is 3.47. The molecule has 2 rings (SSSR count). The highest BCUT2D eigenvalue weighted by molar-refractivity contribution is 6.17. The number of phenols is 1. The second-order valence-electron chi connectivity index (χ2n) is 5.35. The zero-order valence-corrected chi connectivity index (χ0v) is 13.0. The van der Waals surface area contributed by atoms with Gasteiger partial charge in [0, 0.05) is 5.56 Å². The summed E-state index contributed by atoms with van der Waals surface area (Å²) in [6.45, 7) is 0.565. The van der Waals surface area contributed by atoms with E-state index in [0.717, 1.165) is 23.1 Å². The molecule has 1 aromatic carbocycles. The van der Waals surface area contributed by atoms with E-state index >= 15 is 0 Å². The molecule has 0 fully saturated rings. The fourth-order valence-corrected chi connectivity index (χ4v) is 2.14. The number of amides is 1. The number of benzene rings is 1. The maximum absolute atomic E-state index is 13.8. The second kappa shape index (κ2) is 6.95. The molecule has 0 saturated heterocycles. The Bertz CT molecular complexity index is 792. The van der Waals surface area contributed by atoms with E-state index < -0.39 is 48.0 Å². The largest absolute Gasteiger partial charge is 0.505 e. The van der Waals surface area contributed by atoms with E-state index in [9.17, 15) is 23.5 Å². The molecule has 0 aliphatic carbocycles. The van der Waals surface area contributed by atoms with Gasteiger partial charge in [-0.1, -0.05) is 0 Å². The normalized spacial score (nSPS) is 18.4. The number of aromatic hydroxyl groups is 1. The van der Waals surface area contributed by atoms with Gasteiger partial charge in [-0.05, 0) is 25.1 Å². The zero-order valence-electron chi connectivity index (χ0n) is 13.0. The topological polar surface area (TPSA) is 136 Å². The lowest BCUT2D eigenvalue weighted by molar-refractivity contribution is -0.140. The minimum absolute atomic E-state index is 0.201. The van der Waals surface area contributed by atoms with Crippen LogP contribution in [-0.4, -0.2) is 56.6 Å². The molecule has 134 valence electrons.